The Bertz CT molecular complexity index is 173. The van der Waals surface area contributed by atoms with E-state index in [-0.39, 0.29) is 12.3 Å². The van der Waals surface area contributed by atoms with E-state index in [0.29, 0.717) is 13.0 Å². The van der Waals surface area contributed by atoms with Crippen LogP contribution in [0.2, 0.25) is 0 Å². The molecule has 0 atom stereocenters. The summed E-state index contributed by atoms with van der Waals surface area (Å²) in [4.78, 5) is 12.1. The molecule has 0 aromatic rings. The average molecular weight is 253 g/mol. The van der Waals surface area contributed by atoms with Crippen LogP contribution in [-0.2, 0) is 4.79 Å². The number of amides is 1. The highest BCUT2D eigenvalue weighted by molar-refractivity contribution is 5.73. The Morgan fingerprint density at radius 2 is 1.53 bits per heavy atom. The van der Waals surface area contributed by atoms with Gasteiger partial charge >= 0.3 is 0 Å². The monoisotopic (exact) mass is 253 g/mol. The van der Waals surface area contributed by atoms with Crippen molar-refractivity contribution in [1.29, 1.82) is 0 Å². The number of halogens is 2. The summed E-state index contributed by atoms with van der Waals surface area (Å²) < 4.78 is 25.8. The molecule has 0 aromatic heterocycles. The van der Waals surface area contributed by atoms with Crippen molar-refractivity contribution >= 4 is 5.91 Å². The number of alkyl halides is 2. The molecule has 0 heterocycles. The van der Waals surface area contributed by atoms with Gasteiger partial charge in [-0.3, -0.25) is 4.79 Å². The van der Waals surface area contributed by atoms with Gasteiger partial charge < -0.3 is 4.90 Å². The van der Waals surface area contributed by atoms with Crippen LogP contribution in [0.5, 0.6) is 0 Å². The summed E-state index contributed by atoms with van der Waals surface area (Å²) in [6, 6.07) is 0. The molecule has 0 aromatic carbocycles. The van der Waals surface area contributed by atoms with E-state index in [0.717, 1.165) is 0 Å². The smallest absolute Gasteiger partial charge is 0.265 e. The topological polar surface area (TPSA) is 20.3 Å². The van der Waals surface area contributed by atoms with Gasteiger partial charge in [0.2, 0.25) is 5.91 Å². The van der Waals surface area contributed by atoms with E-state index in [1.807, 2.05) is 34.6 Å². The van der Waals surface area contributed by atoms with Crippen LogP contribution in [0.15, 0.2) is 0 Å². The van der Waals surface area contributed by atoms with Gasteiger partial charge in [0, 0.05) is 19.9 Å². The first kappa shape index (κ1) is 21.6. The molecular formula is C13H29F2NO. The zero-order chi connectivity index (χ0) is 14.5. The van der Waals surface area contributed by atoms with Gasteiger partial charge in [-0.05, 0) is 6.42 Å². The molecule has 0 spiro atoms. The van der Waals surface area contributed by atoms with Crippen molar-refractivity contribution in [3.05, 3.63) is 0 Å². The zero-order valence-corrected chi connectivity index (χ0v) is 12.4. The third-order valence-electron chi connectivity index (χ3n) is 1.88. The van der Waals surface area contributed by atoms with Gasteiger partial charge in [0.05, 0.1) is 6.54 Å². The Morgan fingerprint density at radius 3 is 1.76 bits per heavy atom. The molecule has 4 heteroatoms. The number of hydrogen-bond donors (Lipinski definition) is 0. The Balaban J connectivity index is -0.000000439. The van der Waals surface area contributed by atoms with Crippen LogP contribution in [-0.4, -0.2) is 29.8 Å². The minimum Gasteiger partial charge on any atom is -0.337 e. The summed E-state index contributed by atoms with van der Waals surface area (Å²) in [6.07, 6.45) is 0.486. The minimum absolute atomic E-state index is 0.222. The van der Waals surface area contributed by atoms with Crippen LogP contribution in [0.3, 0.4) is 0 Å². The summed E-state index contributed by atoms with van der Waals surface area (Å²) >= 11 is 0. The van der Waals surface area contributed by atoms with Crippen molar-refractivity contribution in [1.82, 2.24) is 4.90 Å². The van der Waals surface area contributed by atoms with Crippen LogP contribution < -0.4 is 0 Å². The second kappa shape index (κ2) is 13.4. The fourth-order valence-corrected chi connectivity index (χ4v) is 1.01. The normalized spacial score (nSPS) is 9.47. The number of nitrogens with zero attached hydrogens (tertiary/aromatic N) is 1. The molecule has 0 aliphatic carbocycles. The van der Waals surface area contributed by atoms with Crippen molar-refractivity contribution in [2.75, 3.05) is 13.1 Å². The second-order valence-electron chi connectivity index (χ2n) is 3.15. The third kappa shape index (κ3) is 13.3. The van der Waals surface area contributed by atoms with Crippen LogP contribution in [0, 0.1) is 0 Å². The van der Waals surface area contributed by atoms with Crippen LogP contribution in [0.25, 0.3) is 0 Å². The first-order chi connectivity index (χ1) is 7.93. The average Bonchev–Trinajstić information content (AvgIpc) is 2.33. The lowest BCUT2D eigenvalue weighted by molar-refractivity contribution is -0.134. The standard InChI is InChI=1S/C9H17F2NO.2C2H6/c1-4-6-12(8(3)13)7-9(10,11)5-2;2*1-2/h4-7H2,1-3H3;2*1-2H3. The summed E-state index contributed by atoms with van der Waals surface area (Å²) in [5.74, 6) is -3.03. The summed E-state index contributed by atoms with van der Waals surface area (Å²) in [7, 11) is 0. The predicted molar refractivity (Wildman–Crippen MR) is 70.5 cm³/mol. The molecule has 0 rings (SSSR count). The lowest BCUT2D eigenvalue weighted by Crippen LogP contribution is -2.39. The fraction of sp³-hybridized carbons (Fsp3) is 0.923. The molecule has 0 fully saturated rings. The van der Waals surface area contributed by atoms with E-state index in [4.69, 9.17) is 0 Å². The molecule has 0 aliphatic heterocycles. The SMILES string of the molecule is CC.CC.CCCN(CC(F)(F)CC)C(C)=O. The van der Waals surface area contributed by atoms with Crippen molar-refractivity contribution in [2.24, 2.45) is 0 Å². The van der Waals surface area contributed by atoms with Crippen LogP contribution >= 0.6 is 0 Å². The number of carbonyl (C=O) groups excluding carboxylic acids is 1. The van der Waals surface area contributed by atoms with Crippen molar-refractivity contribution in [2.45, 2.75) is 67.2 Å². The Morgan fingerprint density at radius 1 is 1.12 bits per heavy atom. The fourth-order valence-electron chi connectivity index (χ4n) is 1.01. The molecule has 0 bridgehead atoms. The molecule has 0 aliphatic rings. The first-order valence-corrected chi connectivity index (χ1v) is 6.56. The highest BCUT2D eigenvalue weighted by atomic mass is 19.3. The van der Waals surface area contributed by atoms with Crippen LogP contribution in [0.4, 0.5) is 8.78 Å². The minimum atomic E-state index is -2.75. The summed E-state index contributed by atoms with van der Waals surface area (Å²) in [5.41, 5.74) is 0. The molecule has 0 saturated carbocycles. The van der Waals surface area contributed by atoms with Crippen LogP contribution in [0.1, 0.15) is 61.3 Å². The molecular weight excluding hydrogens is 224 g/mol. The first-order valence-electron chi connectivity index (χ1n) is 6.56. The van der Waals surface area contributed by atoms with E-state index in [1.54, 1.807) is 0 Å². The van der Waals surface area contributed by atoms with Crippen molar-refractivity contribution < 1.29 is 13.6 Å². The molecule has 1 amide bonds. The molecule has 2 nitrogen and oxygen atoms in total. The van der Waals surface area contributed by atoms with Gasteiger partial charge in [-0.1, -0.05) is 41.5 Å². The predicted octanol–water partition coefficient (Wildman–Crippen LogP) is 4.34. The summed E-state index contributed by atoms with van der Waals surface area (Å²) in [5, 5.41) is 0. The van der Waals surface area contributed by atoms with E-state index in [1.165, 1.54) is 18.7 Å². The van der Waals surface area contributed by atoms with Gasteiger partial charge in [0.1, 0.15) is 0 Å². The molecule has 0 radical (unpaired) electrons. The van der Waals surface area contributed by atoms with Gasteiger partial charge in [-0.15, -0.1) is 0 Å². The maximum atomic E-state index is 12.9. The molecule has 0 N–H and O–H groups in total. The lowest BCUT2D eigenvalue weighted by atomic mass is 10.2. The van der Waals surface area contributed by atoms with E-state index >= 15 is 0 Å². The maximum Gasteiger partial charge on any atom is 0.265 e. The van der Waals surface area contributed by atoms with Crippen molar-refractivity contribution in [3.8, 4) is 0 Å². The quantitative estimate of drug-likeness (QED) is 0.713. The lowest BCUT2D eigenvalue weighted by Gasteiger charge is -2.25. The third-order valence-corrected chi connectivity index (χ3v) is 1.88. The number of hydrogen-bond acceptors (Lipinski definition) is 1. The Labute approximate surface area is 105 Å². The van der Waals surface area contributed by atoms with Gasteiger partial charge in [-0.2, -0.15) is 0 Å². The molecule has 0 saturated heterocycles. The maximum absolute atomic E-state index is 12.9. The van der Waals surface area contributed by atoms with E-state index < -0.39 is 12.5 Å². The van der Waals surface area contributed by atoms with E-state index in [2.05, 4.69) is 0 Å². The zero-order valence-electron chi connectivity index (χ0n) is 12.4. The molecule has 17 heavy (non-hydrogen) atoms. The van der Waals surface area contributed by atoms with Gasteiger partial charge in [0.25, 0.3) is 5.92 Å². The highest BCUT2D eigenvalue weighted by Gasteiger charge is 2.29. The number of rotatable bonds is 5. The van der Waals surface area contributed by atoms with Crippen molar-refractivity contribution in [3.63, 3.8) is 0 Å². The van der Waals surface area contributed by atoms with Gasteiger partial charge in [0.15, 0.2) is 0 Å². The largest absolute Gasteiger partial charge is 0.337 e. The molecule has 106 valence electrons. The Kier molecular flexibility index (Phi) is 17.0. The second-order valence-corrected chi connectivity index (χ2v) is 3.15. The molecule has 0 unspecified atom stereocenters. The number of carbonyl (C=O) groups is 1. The Hall–Kier alpha value is -0.670. The summed E-state index contributed by atoms with van der Waals surface area (Å²) in [6.45, 7) is 12.6. The van der Waals surface area contributed by atoms with E-state index in [9.17, 15) is 13.6 Å². The van der Waals surface area contributed by atoms with Gasteiger partial charge in [-0.25, -0.2) is 8.78 Å². The highest BCUT2D eigenvalue weighted by Crippen LogP contribution is 2.19.